The van der Waals surface area contributed by atoms with Gasteiger partial charge in [-0.2, -0.15) is 0 Å². The van der Waals surface area contributed by atoms with Crippen LogP contribution in [0.25, 0.3) is 0 Å². The van der Waals surface area contributed by atoms with E-state index in [9.17, 15) is 4.79 Å². The highest BCUT2D eigenvalue weighted by molar-refractivity contribution is 7.80. The Bertz CT molecular complexity index is 760. The number of anilines is 1. The molecule has 1 atom stereocenters. The van der Waals surface area contributed by atoms with Gasteiger partial charge in [0.25, 0.3) is 0 Å². The van der Waals surface area contributed by atoms with Gasteiger partial charge in [-0.25, -0.2) is 4.79 Å². The third kappa shape index (κ3) is 5.56. The number of ether oxygens (including phenoxy) is 1. The van der Waals surface area contributed by atoms with Gasteiger partial charge in [-0.15, -0.1) is 0 Å². The van der Waals surface area contributed by atoms with Crippen LogP contribution in [0.15, 0.2) is 54.6 Å². The van der Waals surface area contributed by atoms with Crippen LogP contribution in [0.2, 0.25) is 0 Å². The number of esters is 1. The van der Waals surface area contributed by atoms with Crippen molar-refractivity contribution in [2.24, 2.45) is 0 Å². The number of thiocarbonyl (C=S) groups is 1. The SMILES string of the molecule is COC(=O)c1cccc(NC(=S)N[C@H](C)CC(C)(C)c2ccccc2)c1. The molecule has 0 amide bonds. The fraction of sp³-hybridized carbons (Fsp3) is 0.333. The molecular weight excluding hydrogens is 344 g/mol. The topological polar surface area (TPSA) is 50.4 Å². The molecule has 5 heteroatoms. The first-order valence-electron chi connectivity index (χ1n) is 8.63. The molecule has 26 heavy (non-hydrogen) atoms. The molecule has 0 bridgehead atoms. The molecule has 2 rings (SSSR count). The summed E-state index contributed by atoms with van der Waals surface area (Å²) < 4.78 is 4.74. The van der Waals surface area contributed by atoms with Gasteiger partial charge in [0.1, 0.15) is 0 Å². The van der Waals surface area contributed by atoms with E-state index >= 15 is 0 Å². The van der Waals surface area contributed by atoms with Gasteiger partial charge in [0.2, 0.25) is 0 Å². The van der Waals surface area contributed by atoms with Gasteiger partial charge in [-0.1, -0.05) is 50.2 Å². The highest BCUT2D eigenvalue weighted by Gasteiger charge is 2.23. The van der Waals surface area contributed by atoms with Gasteiger partial charge in [-0.05, 0) is 54.7 Å². The number of rotatable bonds is 6. The molecule has 138 valence electrons. The summed E-state index contributed by atoms with van der Waals surface area (Å²) in [5.74, 6) is -0.370. The number of carbonyl (C=O) groups is 1. The average Bonchev–Trinajstić information content (AvgIpc) is 2.61. The quantitative estimate of drug-likeness (QED) is 0.578. The summed E-state index contributed by atoms with van der Waals surface area (Å²) in [6.07, 6.45) is 0.932. The monoisotopic (exact) mass is 370 g/mol. The zero-order chi connectivity index (χ0) is 19.2. The van der Waals surface area contributed by atoms with Crippen molar-refractivity contribution in [2.75, 3.05) is 12.4 Å². The lowest BCUT2D eigenvalue weighted by Crippen LogP contribution is -2.39. The lowest BCUT2D eigenvalue weighted by molar-refractivity contribution is 0.0601. The zero-order valence-corrected chi connectivity index (χ0v) is 16.5. The van der Waals surface area contributed by atoms with Crippen molar-refractivity contribution in [1.82, 2.24) is 5.32 Å². The number of carbonyl (C=O) groups excluding carboxylic acids is 1. The molecule has 0 aliphatic carbocycles. The van der Waals surface area contributed by atoms with E-state index in [1.807, 2.05) is 12.1 Å². The van der Waals surface area contributed by atoms with E-state index in [1.54, 1.807) is 18.2 Å². The minimum absolute atomic E-state index is 0.0358. The third-order valence-corrected chi connectivity index (χ3v) is 4.51. The summed E-state index contributed by atoms with van der Waals surface area (Å²) in [4.78, 5) is 11.6. The maximum Gasteiger partial charge on any atom is 0.337 e. The van der Waals surface area contributed by atoms with Crippen molar-refractivity contribution in [3.63, 3.8) is 0 Å². The summed E-state index contributed by atoms with van der Waals surface area (Å²) in [7, 11) is 1.37. The van der Waals surface area contributed by atoms with Crippen LogP contribution >= 0.6 is 12.2 Å². The van der Waals surface area contributed by atoms with E-state index in [0.29, 0.717) is 10.7 Å². The molecule has 0 spiro atoms. The van der Waals surface area contributed by atoms with Crippen LogP contribution in [-0.2, 0) is 10.2 Å². The predicted molar refractivity (Wildman–Crippen MR) is 111 cm³/mol. The van der Waals surface area contributed by atoms with E-state index < -0.39 is 0 Å². The van der Waals surface area contributed by atoms with Gasteiger partial charge in [0.15, 0.2) is 5.11 Å². The molecule has 0 saturated heterocycles. The van der Waals surface area contributed by atoms with E-state index in [4.69, 9.17) is 17.0 Å². The summed E-state index contributed by atoms with van der Waals surface area (Å²) in [6, 6.07) is 17.7. The maximum absolute atomic E-state index is 11.6. The zero-order valence-electron chi connectivity index (χ0n) is 15.7. The molecule has 2 aromatic rings. The Hall–Kier alpha value is -2.40. The number of methoxy groups -OCH3 is 1. The highest BCUT2D eigenvalue weighted by atomic mass is 32.1. The first kappa shape index (κ1) is 19.9. The number of benzene rings is 2. The van der Waals surface area contributed by atoms with E-state index in [-0.39, 0.29) is 17.4 Å². The number of hydrogen-bond acceptors (Lipinski definition) is 3. The van der Waals surface area contributed by atoms with Gasteiger partial charge in [0, 0.05) is 11.7 Å². The first-order chi connectivity index (χ1) is 12.3. The van der Waals surface area contributed by atoms with E-state index in [1.165, 1.54) is 12.7 Å². The lowest BCUT2D eigenvalue weighted by Gasteiger charge is -2.29. The predicted octanol–water partition coefficient (Wildman–Crippen LogP) is 4.52. The van der Waals surface area contributed by atoms with Gasteiger partial charge in [-0.3, -0.25) is 0 Å². The number of hydrogen-bond donors (Lipinski definition) is 2. The molecule has 0 fully saturated rings. The fourth-order valence-corrected chi connectivity index (χ4v) is 3.38. The Morgan fingerprint density at radius 1 is 1.15 bits per heavy atom. The van der Waals surface area contributed by atoms with Crippen LogP contribution in [0, 0.1) is 0 Å². The van der Waals surface area contributed by atoms with Crippen molar-refractivity contribution in [2.45, 2.75) is 38.6 Å². The molecule has 2 N–H and O–H groups in total. The Morgan fingerprint density at radius 3 is 2.50 bits per heavy atom. The van der Waals surface area contributed by atoms with Crippen molar-refractivity contribution < 1.29 is 9.53 Å². The minimum Gasteiger partial charge on any atom is -0.465 e. The average molecular weight is 371 g/mol. The fourth-order valence-electron chi connectivity index (χ4n) is 3.06. The van der Waals surface area contributed by atoms with E-state index in [2.05, 4.69) is 55.7 Å². The van der Waals surface area contributed by atoms with Crippen LogP contribution in [0.1, 0.15) is 43.1 Å². The molecule has 0 saturated carbocycles. The first-order valence-corrected chi connectivity index (χ1v) is 9.04. The Balaban J connectivity index is 1.94. The molecule has 0 aliphatic heterocycles. The standard InChI is InChI=1S/C21H26N2O2S/c1-15(14-21(2,3)17-10-6-5-7-11-17)22-20(26)23-18-12-8-9-16(13-18)19(24)25-4/h5-13,15H,14H2,1-4H3,(H2,22,23,26)/t15-/m1/s1. The largest absolute Gasteiger partial charge is 0.465 e. The van der Waals surface area contributed by atoms with Crippen molar-refractivity contribution in [3.05, 3.63) is 65.7 Å². The Morgan fingerprint density at radius 2 is 1.85 bits per heavy atom. The Kier molecular flexibility index (Phi) is 6.75. The highest BCUT2D eigenvalue weighted by Crippen LogP contribution is 2.28. The van der Waals surface area contributed by atoms with Crippen LogP contribution in [-0.4, -0.2) is 24.2 Å². The Labute approximate surface area is 161 Å². The van der Waals surface area contributed by atoms with Crippen LogP contribution in [0.5, 0.6) is 0 Å². The third-order valence-electron chi connectivity index (χ3n) is 4.29. The molecule has 0 aliphatic rings. The molecule has 4 nitrogen and oxygen atoms in total. The smallest absolute Gasteiger partial charge is 0.337 e. The van der Waals surface area contributed by atoms with Crippen LogP contribution in [0.3, 0.4) is 0 Å². The second-order valence-corrected chi connectivity index (χ2v) is 7.43. The molecule has 0 unspecified atom stereocenters. The van der Waals surface area contributed by atoms with Gasteiger partial charge >= 0.3 is 5.97 Å². The molecule has 2 aromatic carbocycles. The van der Waals surface area contributed by atoms with Crippen molar-refractivity contribution >= 4 is 29.0 Å². The second kappa shape index (κ2) is 8.81. The summed E-state index contributed by atoms with van der Waals surface area (Å²) in [5, 5.41) is 6.98. The van der Waals surface area contributed by atoms with Gasteiger partial charge in [0.05, 0.1) is 12.7 Å². The van der Waals surface area contributed by atoms with Crippen molar-refractivity contribution in [1.29, 1.82) is 0 Å². The normalized spacial score (nSPS) is 12.2. The molecular formula is C21H26N2O2S. The molecule has 0 heterocycles. The van der Waals surface area contributed by atoms with Crippen molar-refractivity contribution in [3.8, 4) is 0 Å². The van der Waals surface area contributed by atoms with Crippen LogP contribution < -0.4 is 10.6 Å². The lowest BCUT2D eigenvalue weighted by atomic mass is 9.79. The minimum atomic E-state index is -0.370. The summed E-state index contributed by atoms with van der Waals surface area (Å²) >= 11 is 5.42. The number of nitrogens with one attached hydrogen (secondary N) is 2. The van der Waals surface area contributed by atoms with Gasteiger partial charge < -0.3 is 15.4 Å². The molecule has 0 radical (unpaired) electrons. The summed E-state index contributed by atoms with van der Waals surface area (Å²) in [6.45, 7) is 6.58. The molecule has 0 aromatic heterocycles. The van der Waals surface area contributed by atoms with E-state index in [0.717, 1.165) is 12.1 Å². The second-order valence-electron chi connectivity index (χ2n) is 7.03. The maximum atomic E-state index is 11.6. The van der Waals surface area contributed by atoms with Crippen LogP contribution in [0.4, 0.5) is 5.69 Å². The summed E-state index contributed by atoms with van der Waals surface area (Å²) in [5.41, 5.74) is 2.57.